The van der Waals surface area contributed by atoms with E-state index in [4.69, 9.17) is 0 Å². The lowest BCUT2D eigenvalue weighted by Crippen LogP contribution is -2.19. The van der Waals surface area contributed by atoms with Gasteiger partial charge >= 0.3 is 5.97 Å². The summed E-state index contributed by atoms with van der Waals surface area (Å²) in [5, 5.41) is -0.0842. The Hall–Kier alpha value is -0.380. The van der Waals surface area contributed by atoms with Crippen molar-refractivity contribution < 1.29 is 13.7 Å². The first-order valence-electron chi connectivity index (χ1n) is 5.55. The summed E-state index contributed by atoms with van der Waals surface area (Å²) in [7, 11) is 0.469. The van der Waals surface area contributed by atoms with E-state index in [-0.39, 0.29) is 17.6 Å². The summed E-state index contributed by atoms with van der Waals surface area (Å²) < 4.78 is 16.2. The minimum absolute atomic E-state index is 0.0842. The first kappa shape index (κ1) is 14.6. The van der Waals surface area contributed by atoms with Gasteiger partial charge < -0.3 is 4.74 Å². The highest BCUT2D eigenvalue weighted by Gasteiger charge is 2.15. The predicted molar refractivity (Wildman–Crippen MR) is 63.2 cm³/mol. The second-order valence-electron chi connectivity index (χ2n) is 3.74. The zero-order chi connectivity index (χ0) is 11.7. The topological polar surface area (TPSA) is 43.4 Å². The highest BCUT2D eigenvalue weighted by atomic mass is 32.2. The molecule has 2 atom stereocenters. The Morgan fingerprint density at radius 1 is 1.33 bits per heavy atom. The molecule has 90 valence electrons. The summed E-state index contributed by atoms with van der Waals surface area (Å²) in [5.74, 6) is 0.433. The second-order valence-corrected chi connectivity index (χ2v) is 5.71. The van der Waals surface area contributed by atoms with Crippen molar-refractivity contribution in [1.29, 1.82) is 0 Å². The molecule has 0 saturated heterocycles. The average molecular weight is 234 g/mol. The Kier molecular flexibility index (Phi) is 8.67. The maximum Gasteiger partial charge on any atom is 0.306 e. The molecule has 0 aliphatic carbocycles. The largest absolute Gasteiger partial charge is 0.469 e. The second kappa shape index (κ2) is 8.89. The van der Waals surface area contributed by atoms with E-state index in [2.05, 4.69) is 11.7 Å². The fourth-order valence-corrected chi connectivity index (χ4v) is 2.50. The van der Waals surface area contributed by atoms with Crippen LogP contribution in [0.4, 0.5) is 0 Å². The van der Waals surface area contributed by atoms with Crippen molar-refractivity contribution in [2.45, 2.75) is 51.2 Å². The van der Waals surface area contributed by atoms with Crippen molar-refractivity contribution in [3.8, 4) is 0 Å². The van der Waals surface area contributed by atoms with E-state index >= 15 is 0 Å². The van der Waals surface area contributed by atoms with Gasteiger partial charge in [0, 0.05) is 21.8 Å². The molecule has 0 heterocycles. The predicted octanol–water partition coefficient (Wildman–Crippen LogP) is 2.27. The lowest BCUT2D eigenvalue weighted by molar-refractivity contribution is -0.140. The molecule has 0 amide bonds. The van der Waals surface area contributed by atoms with E-state index < -0.39 is 10.8 Å². The first-order chi connectivity index (χ1) is 7.11. The molecular formula is C11H22O3S. The molecule has 0 radical (unpaired) electrons. The van der Waals surface area contributed by atoms with Crippen LogP contribution in [-0.4, -0.2) is 28.3 Å². The summed E-state index contributed by atoms with van der Waals surface area (Å²) in [4.78, 5) is 10.9. The van der Waals surface area contributed by atoms with Crippen molar-refractivity contribution in [1.82, 2.24) is 0 Å². The highest BCUT2D eigenvalue weighted by Crippen LogP contribution is 2.07. The van der Waals surface area contributed by atoms with Crippen molar-refractivity contribution in [3.63, 3.8) is 0 Å². The molecule has 0 rings (SSSR count). The molecule has 0 bridgehead atoms. The standard InChI is InChI=1S/C11H22O3S/c1-4-5-6-7-8-15(13)10(2)9-11(12)14-3/h10H,4-9H2,1-3H3. The van der Waals surface area contributed by atoms with Crippen LogP contribution in [0.25, 0.3) is 0 Å². The number of hydrogen-bond acceptors (Lipinski definition) is 3. The lowest BCUT2D eigenvalue weighted by Gasteiger charge is -2.09. The number of ether oxygens (including phenoxy) is 1. The Bertz CT molecular complexity index is 204. The van der Waals surface area contributed by atoms with Crippen LogP contribution in [0.2, 0.25) is 0 Å². The lowest BCUT2D eigenvalue weighted by atomic mass is 10.2. The van der Waals surface area contributed by atoms with Gasteiger partial charge in [-0.3, -0.25) is 9.00 Å². The van der Waals surface area contributed by atoms with Crippen LogP contribution >= 0.6 is 0 Å². The normalized spacial score (nSPS) is 14.6. The minimum atomic E-state index is -0.891. The van der Waals surface area contributed by atoms with Crippen LogP contribution < -0.4 is 0 Å². The summed E-state index contributed by atoms with van der Waals surface area (Å²) in [6.45, 7) is 3.99. The van der Waals surface area contributed by atoms with Crippen LogP contribution in [0.1, 0.15) is 46.0 Å². The Morgan fingerprint density at radius 3 is 2.53 bits per heavy atom. The number of hydrogen-bond donors (Lipinski definition) is 0. The van der Waals surface area contributed by atoms with Gasteiger partial charge in [0.1, 0.15) is 0 Å². The van der Waals surface area contributed by atoms with Gasteiger partial charge in [0.25, 0.3) is 0 Å². The van der Waals surface area contributed by atoms with Gasteiger partial charge in [-0.2, -0.15) is 0 Å². The van der Waals surface area contributed by atoms with Gasteiger partial charge in [0.2, 0.25) is 0 Å². The minimum Gasteiger partial charge on any atom is -0.469 e. The van der Waals surface area contributed by atoms with Crippen molar-refractivity contribution in [2.24, 2.45) is 0 Å². The van der Waals surface area contributed by atoms with E-state index in [1.54, 1.807) is 0 Å². The number of unbranched alkanes of at least 4 members (excludes halogenated alkanes) is 3. The Balaban J connectivity index is 3.64. The third-order valence-corrected chi connectivity index (χ3v) is 4.08. The molecule has 0 aromatic rings. The van der Waals surface area contributed by atoms with Gasteiger partial charge in [0.05, 0.1) is 13.5 Å². The SMILES string of the molecule is CCCCCCS(=O)C(C)CC(=O)OC. The Labute approximate surface area is 95.0 Å². The molecule has 0 spiro atoms. The quantitative estimate of drug-likeness (QED) is 0.478. The van der Waals surface area contributed by atoms with Gasteiger partial charge in [-0.25, -0.2) is 0 Å². The van der Waals surface area contributed by atoms with Crippen LogP contribution in [0, 0.1) is 0 Å². The van der Waals surface area contributed by atoms with Gasteiger partial charge in [-0.1, -0.05) is 33.1 Å². The van der Waals surface area contributed by atoms with Crippen LogP contribution in [0.5, 0.6) is 0 Å². The number of rotatable bonds is 8. The number of esters is 1. The number of carbonyl (C=O) groups is 1. The Morgan fingerprint density at radius 2 is 2.00 bits per heavy atom. The van der Waals surface area contributed by atoms with Gasteiger partial charge in [-0.05, 0) is 6.42 Å². The molecular weight excluding hydrogens is 212 g/mol. The third kappa shape index (κ3) is 7.54. The molecule has 0 fully saturated rings. The first-order valence-corrected chi connectivity index (χ1v) is 6.94. The maximum absolute atomic E-state index is 11.7. The third-order valence-electron chi connectivity index (χ3n) is 2.33. The zero-order valence-electron chi connectivity index (χ0n) is 9.95. The number of carbonyl (C=O) groups excluding carboxylic acids is 1. The van der Waals surface area contributed by atoms with Crippen LogP contribution in [0.3, 0.4) is 0 Å². The fraction of sp³-hybridized carbons (Fsp3) is 0.909. The van der Waals surface area contributed by atoms with Crippen LogP contribution in [0.15, 0.2) is 0 Å². The molecule has 0 N–H and O–H groups in total. The molecule has 0 aromatic carbocycles. The van der Waals surface area contributed by atoms with Gasteiger partial charge in [-0.15, -0.1) is 0 Å². The molecule has 0 aromatic heterocycles. The smallest absolute Gasteiger partial charge is 0.306 e. The zero-order valence-corrected chi connectivity index (χ0v) is 10.8. The molecule has 0 aliphatic rings. The van der Waals surface area contributed by atoms with Gasteiger partial charge in [0.15, 0.2) is 0 Å². The van der Waals surface area contributed by atoms with Crippen LogP contribution in [-0.2, 0) is 20.3 Å². The molecule has 15 heavy (non-hydrogen) atoms. The fourth-order valence-electron chi connectivity index (χ4n) is 1.28. The molecule has 4 heteroatoms. The monoisotopic (exact) mass is 234 g/mol. The van der Waals surface area contributed by atoms with E-state index in [9.17, 15) is 9.00 Å². The molecule has 0 saturated carbocycles. The summed E-state index contributed by atoms with van der Waals surface area (Å²) in [6, 6.07) is 0. The van der Waals surface area contributed by atoms with Crippen molar-refractivity contribution >= 4 is 16.8 Å². The molecule has 3 nitrogen and oxygen atoms in total. The van der Waals surface area contributed by atoms with E-state index in [1.165, 1.54) is 20.0 Å². The molecule has 2 unspecified atom stereocenters. The summed E-state index contributed by atoms with van der Waals surface area (Å²) in [5.41, 5.74) is 0. The van der Waals surface area contributed by atoms with Crippen molar-refractivity contribution in [2.75, 3.05) is 12.9 Å². The number of methoxy groups -OCH3 is 1. The summed E-state index contributed by atoms with van der Waals surface area (Å²) in [6.07, 6.45) is 4.77. The average Bonchev–Trinajstić information content (AvgIpc) is 2.23. The van der Waals surface area contributed by atoms with E-state index in [0.29, 0.717) is 5.75 Å². The maximum atomic E-state index is 11.7. The van der Waals surface area contributed by atoms with Crippen molar-refractivity contribution in [3.05, 3.63) is 0 Å². The van der Waals surface area contributed by atoms with E-state index in [1.807, 2.05) is 6.92 Å². The molecule has 0 aliphatic heterocycles. The summed E-state index contributed by atoms with van der Waals surface area (Å²) >= 11 is 0. The van der Waals surface area contributed by atoms with E-state index in [0.717, 1.165) is 12.8 Å². The highest BCUT2D eigenvalue weighted by molar-refractivity contribution is 7.85.